The Hall–Kier alpha value is -2.84. The highest BCUT2D eigenvalue weighted by Crippen LogP contribution is 2.15. The fourth-order valence-electron chi connectivity index (χ4n) is 3.00. The van der Waals surface area contributed by atoms with Crippen molar-refractivity contribution in [3.8, 4) is 11.4 Å². The number of carboxylic acid groups (broad SMARTS) is 1. The lowest BCUT2D eigenvalue weighted by molar-refractivity contribution is -0.122. The minimum Gasteiger partial charge on any atom is -0.483 e. The first-order valence-electron chi connectivity index (χ1n) is 9.67. The van der Waals surface area contributed by atoms with Crippen molar-refractivity contribution in [2.45, 2.75) is 25.4 Å². The molecule has 2 N–H and O–H groups in total. The number of nitrogens with zero attached hydrogens (tertiary/aromatic N) is 3. The van der Waals surface area contributed by atoms with Crippen LogP contribution >= 0.6 is 0 Å². The van der Waals surface area contributed by atoms with Crippen molar-refractivity contribution in [2.75, 3.05) is 33.3 Å². The van der Waals surface area contributed by atoms with Crippen LogP contribution in [0.3, 0.4) is 0 Å². The van der Waals surface area contributed by atoms with Crippen LogP contribution < -0.4 is 5.32 Å². The zero-order chi connectivity index (χ0) is 20.9. The summed E-state index contributed by atoms with van der Waals surface area (Å²) in [4.78, 5) is 31.3. The number of benzene rings is 1. The third-order valence-corrected chi connectivity index (χ3v) is 4.60. The Kier molecular flexibility index (Phi) is 9.74. The van der Waals surface area contributed by atoms with E-state index in [1.54, 1.807) is 30.6 Å². The molecule has 1 aromatic heterocycles. The van der Waals surface area contributed by atoms with Gasteiger partial charge in [-0.2, -0.15) is 0 Å². The molecule has 29 heavy (non-hydrogen) atoms. The maximum absolute atomic E-state index is 12.2. The zero-order valence-electron chi connectivity index (χ0n) is 16.7. The van der Waals surface area contributed by atoms with Crippen LogP contribution in [0.4, 0.5) is 0 Å². The Morgan fingerprint density at radius 1 is 1.24 bits per heavy atom. The van der Waals surface area contributed by atoms with Gasteiger partial charge in [0.15, 0.2) is 5.82 Å². The van der Waals surface area contributed by atoms with Gasteiger partial charge in [-0.25, -0.2) is 9.97 Å². The van der Waals surface area contributed by atoms with Crippen molar-refractivity contribution in [3.63, 3.8) is 0 Å². The van der Waals surface area contributed by atoms with E-state index in [1.165, 1.54) is 0 Å². The van der Waals surface area contributed by atoms with Gasteiger partial charge in [0.25, 0.3) is 12.4 Å². The fourth-order valence-corrected chi connectivity index (χ4v) is 3.00. The summed E-state index contributed by atoms with van der Waals surface area (Å²) in [6, 6.07) is 9.12. The van der Waals surface area contributed by atoms with Gasteiger partial charge in [0, 0.05) is 49.8 Å². The lowest BCUT2D eigenvalue weighted by atomic mass is 10.1. The maximum atomic E-state index is 12.2. The van der Waals surface area contributed by atoms with Gasteiger partial charge in [-0.15, -0.1) is 0 Å². The highest BCUT2D eigenvalue weighted by Gasteiger charge is 2.16. The Bertz CT molecular complexity index is 732. The summed E-state index contributed by atoms with van der Waals surface area (Å²) >= 11 is 0. The molecule has 1 saturated heterocycles. The summed E-state index contributed by atoms with van der Waals surface area (Å²) in [6.07, 6.45) is 6.80. The molecule has 156 valence electrons. The normalized spacial score (nSPS) is 14.5. The van der Waals surface area contributed by atoms with E-state index < -0.39 is 0 Å². The van der Waals surface area contributed by atoms with Crippen molar-refractivity contribution in [1.29, 1.82) is 0 Å². The van der Waals surface area contributed by atoms with Gasteiger partial charge in [0.05, 0.1) is 6.10 Å². The van der Waals surface area contributed by atoms with Crippen LogP contribution in [0, 0.1) is 0 Å². The number of hydrogen-bond donors (Lipinski definition) is 2. The highest BCUT2D eigenvalue weighted by molar-refractivity contribution is 5.94. The number of carbonyl (C=O) groups is 2. The quantitative estimate of drug-likeness (QED) is 0.541. The van der Waals surface area contributed by atoms with E-state index in [9.17, 15) is 4.79 Å². The highest BCUT2D eigenvalue weighted by atomic mass is 16.5. The first-order chi connectivity index (χ1) is 14.1. The fraction of sp³-hybridized carbons (Fsp3) is 0.429. The third-order valence-electron chi connectivity index (χ3n) is 4.60. The average molecular weight is 400 g/mol. The molecule has 1 aliphatic heterocycles. The zero-order valence-corrected chi connectivity index (χ0v) is 16.7. The van der Waals surface area contributed by atoms with Crippen LogP contribution in [0.15, 0.2) is 42.7 Å². The van der Waals surface area contributed by atoms with Gasteiger partial charge >= 0.3 is 0 Å². The lowest BCUT2D eigenvalue weighted by Gasteiger charge is -2.28. The molecule has 0 bridgehead atoms. The topological polar surface area (TPSA) is 105 Å². The molecular formula is C21H28N4O4. The standard InChI is InChI=1S/C20H26N4O2.CH2O2/c1-24-13-8-18(9-14-24)26-15-3-12-23-20(25)17-6-4-16(5-7-17)19-21-10-2-11-22-19;2-1-3/h2,4-7,10-11,18H,3,8-9,12-15H2,1H3,(H,23,25);1H,(H,2,3). The SMILES string of the molecule is CN1CCC(OCCCNC(=O)c2ccc(-c3ncccn3)cc2)CC1.O=CO. The second-order valence-electron chi connectivity index (χ2n) is 6.74. The number of hydrogen-bond acceptors (Lipinski definition) is 6. The van der Waals surface area contributed by atoms with E-state index in [4.69, 9.17) is 14.6 Å². The van der Waals surface area contributed by atoms with E-state index in [0.29, 0.717) is 30.6 Å². The number of piperidine rings is 1. The Morgan fingerprint density at radius 3 is 2.48 bits per heavy atom. The largest absolute Gasteiger partial charge is 0.483 e. The number of rotatable bonds is 7. The summed E-state index contributed by atoms with van der Waals surface area (Å²) in [7, 11) is 2.14. The van der Waals surface area contributed by atoms with Crippen LogP contribution in [-0.4, -0.2) is 71.7 Å². The van der Waals surface area contributed by atoms with E-state index in [1.807, 2.05) is 12.1 Å². The van der Waals surface area contributed by atoms with Crippen LogP contribution in [0.1, 0.15) is 29.6 Å². The Balaban J connectivity index is 0.000000941. The summed E-state index contributed by atoms with van der Waals surface area (Å²) < 4.78 is 5.89. The molecule has 1 aliphatic rings. The smallest absolute Gasteiger partial charge is 0.290 e. The first kappa shape index (κ1) is 22.4. The van der Waals surface area contributed by atoms with E-state index in [2.05, 4.69) is 27.2 Å². The predicted octanol–water partition coefficient (Wildman–Crippen LogP) is 2.08. The van der Waals surface area contributed by atoms with Crippen molar-refractivity contribution < 1.29 is 19.4 Å². The minimum absolute atomic E-state index is 0.0650. The maximum Gasteiger partial charge on any atom is 0.290 e. The summed E-state index contributed by atoms with van der Waals surface area (Å²) in [6.45, 7) is 3.27. The van der Waals surface area contributed by atoms with Crippen molar-refractivity contribution >= 4 is 12.4 Å². The number of aromatic nitrogens is 2. The Morgan fingerprint density at radius 2 is 1.86 bits per heavy atom. The first-order valence-corrected chi connectivity index (χ1v) is 9.67. The monoisotopic (exact) mass is 400 g/mol. The van der Waals surface area contributed by atoms with Gasteiger partial charge in [-0.3, -0.25) is 9.59 Å². The van der Waals surface area contributed by atoms with Gasteiger partial charge in [0.1, 0.15) is 0 Å². The molecule has 2 aromatic rings. The van der Waals surface area contributed by atoms with E-state index in [-0.39, 0.29) is 12.4 Å². The lowest BCUT2D eigenvalue weighted by Crippen LogP contribution is -2.34. The minimum atomic E-state index is -0.250. The molecular weight excluding hydrogens is 372 g/mol. The number of carbonyl (C=O) groups excluding carboxylic acids is 1. The molecule has 0 atom stereocenters. The number of amides is 1. The molecule has 2 heterocycles. The number of nitrogens with one attached hydrogen (secondary N) is 1. The summed E-state index contributed by atoms with van der Waals surface area (Å²) in [5, 5.41) is 9.83. The van der Waals surface area contributed by atoms with Gasteiger partial charge in [-0.1, -0.05) is 12.1 Å². The van der Waals surface area contributed by atoms with Crippen molar-refractivity contribution in [3.05, 3.63) is 48.3 Å². The van der Waals surface area contributed by atoms with Crippen molar-refractivity contribution in [1.82, 2.24) is 20.2 Å². The number of ether oxygens (including phenoxy) is 1. The molecule has 1 fully saturated rings. The van der Waals surface area contributed by atoms with E-state index >= 15 is 0 Å². The Labute approximate surface area is 170 Å². The molecule has 8 nitrogen and oxygen atoms in total. The van der Waals surface area contributed by atoms with Gasteiger partial charge in [-0.05, 0) is 44.5 Å². The van der Waals surface area contributed by atoms with Gasteiger partial charge in [0.2, 0.25) is 0 Å². The molecule has 1 aromatic carbocycles. The second-order valence-corrected chi connectivity index (χ2v) is 6.74. The predicted molar refractivity (Wildman–Crippen MR) is 110 cm³/mol. The number of likely N-dealkylation sites (tertiary alicyclic amines) is 1. The summed E-state index contributed by atoms with van der Waals surface area (Å²) in [5.41, 5.74) is 1.54. The molecule has 0 aliphatic carbocycles. The second kappa shape index (κ2) is 12.6. The molecule has 0 spiro atoms. The average Bonchev–Trinajstić information content (AvgIpc) is 2.76. The van der Waals surface area contributed by atoms with Crippen LogP contribution in [-0.2, 0) is 9.53 Å². The molecule has 0 radical (unpaired) electrons. The van der Waals surface area contributed by atoms with E-state index in [0.717, 1.165) is 37.9 Å². The molecule has 0 unspecified atom stereocenters. The molecule has 0 saturated carbocycles. The summed E-state index contributed by atoms with van der Waals surface area (Å²) in [5.74, 6) is 0.593. The van der Waals surface area contributed by atoms with Crippen LogP contribution in [0.2, 0.25) is 0 Å². The van der Waals surface area contributed by atoms with Gasteiger partial charge < -0.3 is 20.1 Å². The molecule has 1 amide bonds. The van der Waals surface area contributed by atoms with Crippen molar-refractivity contribution in [2.24, 2.45) is 0 Å². The third kappa shape index (κ3) is 7.97. The van der Waals surface area contributed by atoms with Crippen LogP contribution in [0.5, 0.6) is 0 Å². The van der Waals surface area contributed by atoms with Crippen LogP contribution in [0.25, 0.3) is 11.4 Å². The molecule has 8 heteroatoms. The molecule has 3 rings (SSSR count).